The molecule has 0 saturated carbocycles. The van der Waals surface area contributed by atoms with E-state index >= 15 is 13.6 Å². The van der Waals surface area contributed by atoms with E-state index in [-0.39, 0.29) is 55.7 Å². The molecule has 1 saturated heterocycles. The molecule has 2 aliphatic heterocycles. The van der Waals surface area contributed by atoms with Crippen LogP contribution in [-0.2, 0) is 4.79 Å². The van der Waals surface area contributed by atoms with Crippen molar-refractivity contribution in [2.75, 3.05) is 62.4 Å². The minimum absolute atomic E-state index is 0.0814. The zero-order chi connectivity index (χ0) is 37.9. The molecule has 1 amide bonds. The highest BCUT2D eigenvalue weighted by atomic mass is 35.5. The maximum absolute atomic E-state index is 16.9. The van der Waals surface area contributed by atoms with Gasteiger partial charge in [0.1, 0.15) is 11.5 Å². The fourth-order valence-electron chi connectivity index (χ4n) is 7.62. The second-order valence-electron chi connectivity index (χ2n) is 14.2. The summed E-state index contributed by atoms with van der Waals surface area (Å²) in [7, 11) is 3.97. The zero-order valence-electron chi connectivity index (χ0n) is 30.0. The van der Waals surface area contributed by atoms with Crippen molar-refractivity contribution in [1.29, 1.82) is 0 Å². The SMILES string of the molecule is C=CC(=O)N1CC2CN(CCCN(C)C)c3c(c4cc(F)c(-c5c(N)c(Cl)cc(Cl)c5F)c(Cl)c4n(-c4c(C)ccnc4C(C)C)c3=O)N2CC1C. The molecule has 0 spiro atoms. The van der Waals surface area contributed by atoms with Crippen LogP contribution in [0.4, 0.5) is 25.8 Å². The maximum Gasteiger partial charge on any atom is 0.281 e. The van der Waals surface area contributed by atoms with Gasteiger partial charge in [-0.2, -0.15) is 0 Å². The molecule has 2 unspecified atom stereocenters. The number of piperazine rings is 1. The number of benzene rings is 2. The Morgan fingerprint density at radius 3 is 2.46 bits per heavy atom. The third-order valence-corrected chi connectivity index (χ3v) is 11.0. The van der Waals surface area contributed by atoms with E-state index in [1.807, 2.05) is 46.7 Å². The number of rotatable bonds is 8. The van der Waals surface area contributed by atoms with Crippen LogP contribution < -0.4 is 21.1 Å². The number of halogens is 5. The van der Waals surface area contributed by atoms with Crippen LogP contribution in [0.3, 0.4) is 0 Å². The van der Waals surface area contributed by atoms with E-state index in [4.69, 9.17) is 40.5 Å². The molecule has 2 aromatic carbocycles. The minimum atomic E-state index is -1.00. The van der Waals surface area contributed by atoms with Gasteiger partial charge in [0.05, 0.1) is 49.4 Å². The van der Waals surface area contributed by atoms with Crippen molar-refractivity contribution in [2.24, 2.45) is 0 Å². The molecule has 2 aromatic heterocycles. The normalized spacial score (nSPS) is 17.3. The number of pyridine rings is 2. The number of nitrogen functional groups attached to an aromatic ring is 1. The first-order valence-electron chi connectivity index (χ1n) is 17.2. The number of carbonyl (C=O) groups excluding carboxylic acids is 1. The van der Waals surface area contributed by atoms with Gasteiger partial charge in [0.15, 0.2) is 5.82 Å². The predicted molar refractivity (Wildman–Crippen MR) is 209 cm³/mol. The number of hydrogen-bond acceptors (Lipinski definition) is 7. The average Bonchev–Trinajstić information content (AvgIpc) is 3.08. The summed E-state index contributed by atoms with van der Waals surface area (Å²) in [5.74, 6) is -2.19. The number of fused-ring (bicyclic) bond motifs is 5. The number of anilines is 3. The van der Waals surface area contributed by atoms with E-state index < -0.39 is 22.8 Å². The smallest absolute Gasteiger partial charge is 0.281 e. The van der Waals surface area contributed by atoms with Crippen molar-refractivity contribution in [3.8, 4) is 16.8 Å². The third-order valence-electron chi connectivity index (χ3n) is 10.1. The lowest BCUT2D eigenvalue weighted by atomic mass is 9.95. The summed E-state index contributed by atoms with van der Waals surface area (Å²) < 4.78 is 34.3. The number of hydrogen-bond donors (Lipinski definition) is 1. The van der Waals surface area contributed by atoms with Gasteiger partial charge < -0.3 is 25.3 Å². The fraction of sp³-hybridized carbons (Fsp3) is 0.395. The lowest BCUT2D eigenvalue weighted by Gasteiger charge is -2.52. The van der Waals surface area contributed by atoms with Crippen molar-refractivity contribution in [2.45, 2.75) is 52.1 Å². The van der Waals surface area contributed by atoms with E-state index in [9.17, 15) is 4.79 Å². The second-order valence-corrected chi connectivity index (χ2v) is 15.4. The molecule has 4 aromatic rings. The topological polar surface area (TPSA) is 90.9 Å². The number of aryl methyl sites for hydroxylation is 1. The van der Waals surface area contributed by atoms with Crippen molar-refractivity contribution in [3.05, 3.63) is 85.4 Å². The molecule has 52 heavy (non-hydrogen) atoms. The van der Waals surface area contributed by atoms with Gasteiger partial charge in [0.2, 0.25) is 5.91 Å². The summed E-state index contributed by atoms with van der Waals surface area (Å²) in [4.78, 5) is 41.1. The van der Waals surface area contributed by atoms with Gasteiger partial charge in [-0.05, 0) is 76.7 Å². The molecule has 276 valence electrons. The molecule has 4 heterocycles. The highest BCUT2D eigenvalue weighted by molar-refractivity contribution is 6.40. The summed E-state index contributed by atoms with van der Waals surface area (Å²) in [6, 6.07) is 3.72. The lowest BCUT2D eigenvalue weighted by Crippen LogP contribution is -2.64. The maximum atomic E-state index is 16.9. The third kappa shape index (κ3) is 6.29. The molecule has 2 aliphatic rings. The Balaban J connectivity index is 1.78. The predicted octanol–water partition coefficient (Wildman–Crippen LogP) is 7.67. The van der Waals surface area contributed by atoms with E-state index in [1.54, 1.807) is 17.2 Å². The van der Waals surface area contributed by atoms with Crippen LogP contribution in [0.15, 0.2) is 41.8 Å². The standard InChI is InChI=1S/C38H42Cl3F2N7O2/c1-8-27(51)48-18-22-17-47(13-9-12-46(6)7)37-36(49(22)16-21(48)5)23-14-26(42)28(29-31(43)24(39)15-25(40)32(29)44)30(41)35(23)50(38(37)52)34-20(4)10-11-45-33(34)19(2)3/h8,10-11,14-15,19,21-22H,1,9,12-13,16-18,44H2,2-7H3. The molecule has 9 nitrogen and oxygen atoms in total. The zero-order valence-corrected chi connectivity index (χ0v) is 32.3. The monoisotopic (exact) mass is 771 g/mol. The molecule has 0 aliphatic carbocycles. The summed E-state index contributed by atoms with van der Waals surface area (Å²) in [6.07, 6.45) is 3.71. The van der Waals surface area contributed by atoms with Crippen LogP contribution in [0.1, 0.15) is 44.4 Å². The Labute approximate surface area is 317 Å². The van der Waals surface area contributed by atoms with Gasteiger partial charge in [-0.25, -0.2) is 8.78 Å². The Morgan fingerprint density at radius 2 is 1.81 bits per heavy atom. The Kier molecular flexibility index (Phi) is 10.5. The first-order chi connectivity index (χ1) is 24.6. The fourth-order valence-corrected chi connectivity index (χ4v) is 8.45. The van der Waals surface area contributed by atoms with Crippen LogP contribution in [-0.4, -0.2) is 84.2 Å². The minimum Gasteiger partial charge on any atom is -0.397 e. The number of nitrogens with two attached hydrogens (primary N) is 1. The molecule has 14 heteroatoms. The van der Waals surface area contributed by atoms with Crippen LogP contribution in [0.2, 0.25) is 15.1 Å². The first kappa shape index (κ1) is 37.8. The van der Waals surface area contributed by atoms with Crippen LogP contribution >= 0.6 is 34.8 Å². The number of carbonyl (C=O) groups is 1. The Hall–Kier alpha value is -3.90. The highest BCUT2D eigenvalue weighted by Gasteiger charge is 2.42. The van der Waals surface area contributed by atoms with E-state index in [2.05, 4.69) is 21.4 Å². The average molecular weight is 773 g/mol. The number of amides is 1. The number of nitrogens with zero attached hydrogens (tertiary/aromatic N) is 6. The van der Waals surface area contributed by atoms with Gasteiger partial charge >= 0.3 is 0 Å². The van der Waals surface area contributed by atoms with Gasteiger partial charge in [-0.15, -0.1) is 0 Å². The molecule has 2 atom stereocenters. The highest BCUT2D eigenvalue weighted by Crippen LogP contribution is 2.49. The summed E-state index contributed by atoms with van der Waals surface area (Å²) >= 11 is 19.8. The van der Waals surface area contributed by atoms with Crippen molar-refractivity contribution >= 4 is 68.7 Å². The second kappa shape index (κ2) is 14.5. The van der Waals surface area contributed by atoms with Gasteiger partial charge in [-0.1, -0.05) is 55.2 Å². The van der Waals surface area contributed by atoms with E-state index in [0.29, 0.717) is 54.3 Å². The summed E-state index contributed by atoms with van der Waals surface area (Å²) in [6.45, 7) is 13.9. The molecule has 0 bridgehead atoms. The molecule has 2 N–H and O–H groups in total. The van der Waals surface area contributed by atoms with Gasteiger partial charge in [-0.3, -0.25) is 19.1 Å². The Bertz CT molecular complexity index is 2150. The van der Waals surface area contributed by atoms with Gasteiger partial charge in [0, 0.05) is 54.9 Å². The molecular weight excluding hydrogens is 731 g/mol. The number of aromatic nitrogens is 2. The van der Waals surface area contributed by atoms with Crippen molar-refractivity contribution < 1.29 is 13.6 Å². The molecule has 0 radical (unpaired) electrons. The summed E-state index contributed by atoms with van der Waals surface area (Å²) in [5, 5.41) is -0.354. The quantitative estimate of drug-likeness (QED) is 0.112. The first-order valence-corrected chi connectivity index (χ1v) is 18.3. The van der Waals surface area contributed by atoms with E-state index in [0.717, 1.165) is 24.6 Å². The Morgan fingerprint density at radius 1 is 1.10 bits per heavy atom. The summed E-state index contributed by atoms with van der Waals surface area (Å²) in [5.41, 5.74) is 7.76. The molecular formula is C38H42Cl3F2N7O2. The van der Waals surface area contributed by atoms with Gasteiger partial charge in [0.25, 0.3) is 5.56 Å². The van der Waals surface area contributed by atoms with Crippen LogP contribution in [0, 0.1) is 18.6 Å². The van der Waals surface area contributed by atoms with E-state index in [1.165, 1.54) is 16.7 Å². The largest absolute Gasteiger partial charge is 0.397 e. The van der Waals surface area contributed by atoms with Crippen molar-refractivity contribution in [3.63, 3.8) is 0 Å². The van der Waals surface area contributed by atoms with Crippen molar-refractivity contribution in [1.82, 2.24) is 19.4 Å². The molecule has 6 rings (SSSR count). The van der Waals surface area contributed by atoms with Crippen LogP contribution in [0.5, 0.6) is 0 Å². The molecule has 1 fully saturated rings. The lowest BCUT2D eigenvalue weighted by molar-refractivity contribution is -0.128. The van der Waals surface area contributed by atoms with Crippen LogP contribution in [0.25, 0.3) is 27.7 Å².